The number of aryl methyl sites for hydroxylation is 1. The van der Waals surface area contributed by atoms with Gasteiger partial charge in [-0.25, -0.2) is 4.39 Å². The second-order valence-electron chi connectivity index (χ2n) is 5.33. The lowest BCUT2D eigenvalue weighted by atomic mass is 9.79. The summed E-state index contributed by atoms with van der Waals surface area (Å²) < 4.78 is 13.4. The third-order valence-electron chi connectivity index (χ3n) is 3.49. The molecule has 0 saturated carbocycles. The predicted octanol–water partition coefficient (Wildman–Crippen LogP) is 1.45. The van der Waals surface area contributed by atoms with Crippen LogP contribution in [0.15, 0.2) is 42.5 Å². The van der Waals surface area contributed by atoms with Gasteiger partial charge in [0.25, 0.3) is 0 Å². The Hall–Kier alpha value is -1.69. The van der Waals surface area contributed by atoms with Crippen LogP contribution in [-0.2, 0) is 13.1 Å². The number of rotatable bonds is 5. The van der Waals surface area contributed by atoms with E-state index in [0.717, 1.165) is 12.1 Å². The summed E-state index contributed by atoms with van der Waals surface area (Å²) in [7, 11) is 0.191. The molecule has 0 radical (unpaired) electrons. The summed E-state index contributed by atoms with van der Waals surface area (Å²) in [5.41, 5.74) is 3.23. The fourth-order valence-corrected chi connectivity index (χ4v) is 2.34. The molecule has 0 spiro atoms. The van der Waals surface area contributed by atoms with Crippen molar-refractivity contribution in [3.63, 3.8) is 0 Å². The summed E-state index contributed by atoms with van der Waals surface area (Å²) in [6.45, 7) is 3.46. The van der Waals surface area contributed by atoms with Gasteiger partial charge in [-0.05, 0) is 36.7 Å². The van der Waals surface area contributed by atoms with Gasteiger partial charge >= 0.3 is 7.12 Å². The first-order valence-corrected chi connectivity index (χ1v) is 6.85. The van der Waals surface area contributed by atoms with Crippen LogP contribution in [-0.4, -0.2) is 29.1 Å². The molecule has 0 aromatic heterocycles. The Bertz CT molecular complexity index is 619. The van der Waals surface area contributed by atoms with Crippen LogP contribution in [0.1, 0.15) is 16.7 Å². The Morgan fingerprint density at radius 2 is 1.81 bits per heavy atom. The molecule has 0 aliphatic carbocycles. The van der Waals surface area contributed by atoms with Crippen LogP contribution >= 0.6 is 0 Å². The van der Waals surface area contributed by atoms with E-state index in [9.17, 15) is 4.39 Å². The van der Waals surface area contributed by atoms with E-state index < -0.39 is 12.9 Å². The van der Waals surface area contributed by atoms with Crippen molar-refractivity contribution in [2.24, 2.45) is 0 Å². The zero-order valence-corrected chi connectivity index (χ0v) is 12.3. The maximum Gasteiger partial charge on any atom is 0.491 e. The Labute approximate surface area is 124 Å². The van der Waals surface area contributed by atoms with Crippen molar-refractivity contribution in [3.8, 4) is 0 Å². The van der Waals surface area contributed by atoms with E-state index in [2.05, 4.69) is 24.0 Å². The Balaban J connectivity index is 2.08. The lowest BCUT2D eigenvalue weighted by Crippen LogP contribution is -2.33. The minimum absolute atomic E-state index is 0.0863. The summed E-state index contributed by atoms with van der Waals surface area (Å²) in [5.74, 6) is -0.602. The first-order chi connectivity index (χ1) is 9.97. The fraction of sp³-hybridized carbons (Fsp3) is 0.250. The zero-order valence-electron chi connectivity index (χ0n) is 12.3. The molecule has 0 aliphatic rings. The van der Waals surface area contributed by atoms with Gasteiger partial charge in [-0.2, -0.15) is 0 Å². The van der Waals surface area contributed by atoms with E-state index in [1.165, 1.54) is 23.3 Å². The van der Waals surface area contributed by atoms with E-state index >= 15 is 0 Å². The molecule has 2 rings (SSSR count). The molecule has 110 valence electrons. The molecule has 0 heterocycles. The molecule has 0 aliphatic heterocycles. The van der Waals surface area contributed by atoms with Crippen LogP contribution in [0.2, 0.25) is 0 Å². The predicted molar refractivity (Wildman–Crippen MR) is 82.6 cm³/mol. The molecule has 3 nitrogen and oxygen atoms in total. The molecule has 0 bridgehead atoms. The van der Waals surface area contributed by atoms with Crippen LogP contribution in [0.25, 0.3) is 0 Å². The van der Waals surface area contributed by atoms with Gasteiger partial charge in [0.05, 0.1) is 0 Å². The highest BCUT2D eigenvalue weighted by Crippen LogP contribution is 2.12. The number of halogens is 1. The average molecular weight is 287 g/mol. The van der Waals surface area contributed by atoms with Gasteiger partial charge in [-0.15, -0.1) is 0 Å². The van der Waals surface area contributed by atoms with Crippen molar-refractivity contribution in [3.05, 3.63) is 65.0 Å². The van der Waals surface area contributed by atoms with E-state index in [4.69, 9.17) is 10.0 Å². The van der Waals surface area contributed by atoms with Crippen LogP contribution in [0, 0.1) is 12.7 Å². The van der Waals surface area contributed by atoms with Crippen molar-refractivity contribution in [1.82, 2.24) is 4.90 Å². The molecule has 0 unspecified atom stereocenters. The second kappa shape index (κ2) is 6.85. The third kappa shape index (κ3) is 4.14. The summed E-state index contributed by atoms with van der Waals surface area (Å²) in [6, 6.07) is 12.6. The number of hydrogen-bond acceptors (Lipinski definition) is 3. The van der Waals surface area contributed by atoms with Crippen LogP contribution in [0.3, 0.4) is 0 Å². The van der Waals surface area contributed by atoms with Crippen molar-refractivity contribution in [2.75, 3.05) is 7.05 Å². The molecule has 0 amide bonds. The highest BCUT2D eigenvalue weighted by atomic mass is 19.1. The first kappa shape index (κ1) is 15.7. The van der Waals surface area contributed by atoms with Gasteiger partial charge in [0, 0.05) is 18.6 Å². The van der Waals surface area contributed by atoms with E-state index in [1.54, 1.807) is 6.07 Å². The van der Waals surface area contributed by atoms with Crippen molar-refractivity contribution in [1.29, 1.82) is 0 Å². The van der Waals surface area contributed by atoms with Crippen molar-refractivity contribution >= 4 is 12.6 Å². The first-order valence-electron chi connectivity index (χ1n) is 6.85. The fourth-order valence-electron chi connectivity index (χ4n) is 2.34. The second-order valence-corrected chi connectivity index (χ2v) is 5.33. The molecule has 2 aromatic carbocycles. The number of hydrogen-bond donors (Lipinski definition) is 2. The maximum absolute atomic E-state index is 13.4. The van der Waals surface area contributed by atoms with Gasteiger partial charge in [-0.3, -0.25) is 4.90 Å². The summed E-state index contributed by atoms with van der Waals surface area (Å²) in [4.78, 5) is 2.10. The summed E-state index contributed by atoms with van der Waals surface area (Å²) in [6.07, 6.45) is 0. The number of nitrogens with zero attached hydrogens (tertiary/aromatic N) is 1. The number of benzene rings is 2. The molecule has 5 heteroatoms. The molecule has 0 atom stereocenters. The third-order valence-corrected chi connectivity index (χ3v) is 3.49. The highest BCUT2D eigenvalue weighted by molar-refractivity contribution is 6.58. The molecule has 0 fully saturated rings. The Morgan fingerprint density at radius 3 is 2.48 bits per heavy atom. The van der Waals surface area contributed by atoms with E-state index in [1.807, 2.05) is 19.2 Å². The highest BCUT2D eigenvalue weighted by Gasteiger charge is 2.17. The molecular formula is C16H19BFNO2. The van der Waals surface area contributed by atoms with Gasteiger partial charge in [0.1, 0.15) is 5.82 Å². The van der Waals surface area contributed by atoms with Crippen molar-refractivity contribution < 1.29 is 14.4 Å². The standard InChI is InChI=1S/C16H19BFNO2/c1-12-5-3-4-6-14(12)11-19(2)10-13-7-8-16(18)15(9-13)17(20)21/h3-9,20-21H,10-11H2,1-2H3. The van der Waals surface area contributed by atoms with E-state index in [0.29, 0.717) is 6.54 Å². The van der Waals surface area contributed by atoms with Crippen LogP contribution in [0.4, 0.5) is 4.39 Å². The smallest absolute Gasteiger partial charge is 0.423 e. The lowest BCUT2D eigenvalue weighted by molar-refractivity contribution is 0.318. The molecule has 21 heavy (non-hydrogen) atoms. The quantitative estimate of drug-likeness (QED) is 0.818. The normalized spacial score (nSPS) is 11.0. The Kier molecular flexibility index (Phi) is 5.12. The van der Waals surface area contributed by atoms with Gasteiger partial charge in [-0.1, -0.05) is 36.4 Å². The SMILES string of the molecule is Cc1ccccc1CN(C)Cc1ccc(F)c(B(O)O)c1. The van der Waals surface area contributed by atoms with Gasteiger partial charge < -0.3 is 10.0 Å². The summed E-state index contributed by atoms with van der Waals surface area (Å²) >= 11 is 0. The minimum atomic E-state index is -1.79. The van der Waals surface area contributed by atoms with Crippen molar-refractivity contribution in [2.45, 2.75) is 20.0 Å². The monoisotopic (exact) mass is 287 g/mol. The van der Waals surface area contributed by atoms with E-state index in [-0.39, 0.29) is 5.46 Å². The zero-order chi connectivity index (χ0) is 15.4. The molecular weight excluding hydrogens is 268 g/mol. The van der Waals surface area contributed by atoms with Gasteiger partial charge in [0.15, 0.2) is 0 Å². The molecule has 0 saturated heterocycles. The van der Waals surface area contributed by atoms with Crippen LogP contribution < -0.4 is 5.46 Å². The maximum atomic E-state index is 13.4. The molecule has 2 aromatic rings. The largest absolute Gasteiger partial charge is 0.491 e. The van der Waals surface area contributed by atoms with Gasteiger partial charge in [0.2, 0.25) is 0 Å². The Morgan fingerprint density at radius 1 is 1.10 bits per heavy atom. The lowest BCUT2D eigenvalue weighted by Gasteiger charge is -2.18. The average Bonchev–Trinajstić information content (AvgIpc) is 2.43. The topological polar surface area (TPSA) is 43.7 Å². The summed E-state index contributed by atoms with van der Waals surface area (Å²) in [5, 5.41) is 18.3. The molecule has 2 N–H and O–H groups in total. The minimum Gasteiger partial charge on any atom is -0.423 e. The van der Waals surface area contributed by atoms with Crippen LogP contribution in [0.5, 0.6) is 0 Å².